The number of nitrogens with zero attached hydrogens (tertiary/aromatic N) is 1. The number of aliphatic hydroxyl groups is 1. The van der Waals surface area contributed by atoms with Gasteiger partial charge < -0.3 is 9.84 Å². The van der Waals surface area contributed by atoms with Gasteiger partial charge in [0, 0.05) is 0 Å². The molecule has 1 rings (SSSR count). The number of aliphatic hydroxyl groups excluding tert-OH is 1. The van der Waals surface area contributed by atoms with E-state index in [0.29, 0.717) is 13.2 Å². The topological polar surface area (TPSA) is 49.8 Å². The van der Waals surface area contributed by atoms with Crippen LogP contribution in [0.2, 0.25) is 0 Å². The zero-order chi connectivity index (χ0) is 6.85. The second-order valence-electron chi connectivity index (χ2n) is 1.79. The van der Waals surface area contributed by atoms with Gasteiger partial charge in [-0.2, -0.15) is 0 Å². The van der Waals surface area contributed by atoms with Gasteiger partial charge in [0.2, 0.25) is 0 Å². The van der Waals surface area contributed by atoms with E-state index in [0.717, 1.165) is 4.90 Å². The van der Waals surface area contributed by atoms with Gasteiger partial charge >= 0.3 is 6.09 Å². The third-order valence-electron chi connectivity index (χ3n) is 1.15. The molecule has 9 heavy (non-hydrogen) atoms. The molecule has 1 N–H and O–H groups in total. The minimum absolute atomic E-state index is 0.353. The van der Waals surface area contributed by atoms with E-state index in [9.17, 15) is 4.79 Å². The number of carbonyl (C=O) groups is 1. The maximum Gasteiger partial charge on any atom is 0.412 e. The van der Waals surface area contributed by atoms with Gasteiger partial charge in [0.15, 0.2) is 0 Å². The van der Waals surface area contributed by atoms with Crippen molar-refractivity contribution in [1.29, 1.82) is 0 Å². The van der Waals surface area contributed by atoms with Crippen molar-refractivity contribution in [2.24, 2.45) is 0 Å². The highest BCUT2D eigenvalue weighted by molar-refractivity contribution is 5.69. The molecule has 0 spiro atoms. The Labute approximate surface area is 53.0 Å². The lowest BCUT2D eigenvalue weighted by Crippen LogP contribution is -2.33. The quantitative estimate of drug-likeness (QED) is 0.525. The number of carbonyl (C=O) groups excluding carboxylic acids is 1. The molecular formula is C5H8NO3. The SMILES string of the molecule is [CH2]C(O)N1CCOC1=O. The van der Waals surface area contributed by atoms with Gasteiger partial charge in [0.05, 0.1) is 6.54 Å². The highest BCUT2D eigenvalue weighted by atomic mass is 16.6. The van der Waals surface area contributed by atoms with Crippen molar-refractivity contribution in [3.63, 3.8) is 0 Å². The molecule has 51 valence electrons. The molecule has 4 nitrogen and oxygen atoms in total. The minimum Gasteiger partial charge on any atom is -0.447 e. The zero-order valence-electron chi connectivity index (χ0n) is 4.91. The molecule has 0 aromatic rings. The molecule has 1 amide bonds. The molecule has 0 aliphatic carbocycles. The van der Waals surface area contributed by atoms with Crippen LogP contribution in [0.3, 0.4) is 0 Å². The fourth-order valence-corrected chi connectivity index (χ4v) is 0.676. The number of cyclic esters (lactones) is 1. The summed E-state index contributed by atoms with van der Waals surface area (Å²) in [6.07, 6.45) is -1.46. The molecule has 4 heteroatoms. The fourth-order valence-electron chi connectivity index (χ4n) is 0.676. The molecular weight excluding hydrogens is 122 g/mol. The Morgan fingerprint density at radius 2 is 2.56 bits per heavy atom. The maximum atomic E-state index is 10.5. The highest BCUT2D eigenvalue weighted by Gasteiger charge is 2.24. The zero-order valence-corrected chi connectivity index (χ0v) is 4.91. The standard InChI is InChI=1S/C5H8NO3/c1-4(7)6-2-3-9-5(6)8/h4,7H,1-3H2. The predicted molar refractivity (Wildman–Crippen MR) is 29.4 cm³/mol. The number of ether oxygens (including phenoxy) is 1. The summed E-state index contributed by atoms with van der Waals surface area (Å²) in [5, 5.41) is 8.74. The van der Waals surface area contributed by atoms with Crippen LogP contribution in [0.25, 0.3) is 0 Å². The predicted octanol–water partition coefficient (Wildman–Crippen LogP) is -0.409. The fraction of sp³-hybridized carbons (Fsp3) is 0.600. The third-order valence-corrected chi connectivity index (χ3v) is 1.15. The molecule has 0 saturated carbocycles. The summed E-state index contributed by atoms with van der Waals surface area (Å²) in [6, 6.07) is 0. The summed E-state index contributed by atoms with van der Waals surface area (Å²) in [6.45, 7) is 4.04. The van der Waals surface area contributed by atoms with Crippen LogP contribution in [0.15, 0.2) is 0 Å². The molecule has 1 aliphatic rings. The van der Waals surface area contributed by atoms with E-state index >= 15 is 0 Å². The largest absolute Gasteiger partial charge is 0.447 e. The van der Waals surface area contributed by atoms with E-state index in [1.54, 1.807) is 0 Å². The van der Waals surface area contributed by atoms with Gasteiger partial charge in [-0.25, -0.2) is 4.79 Å². The van der Waals surface area contributed by atoms with E-state index in [-0.39, 0.29) is 0 Å². The van der Waals surface area contributed by atoms with Crippen molar-refractivity contribution < 1.29 is 14.6 Å². The van der Waals surface area contributed by atoms with Crippen LogP contribution >= 0.6 is 0 Å². The van der Waals surface area contributed by atoms with E-state index in [4.69, 9.17) is 5.11 Å². The van der Waals surface area contributed by atoms with Crippen molar-refractivity contribution in [2.75, 3.05) is 13.2 Å². The summed E-state index contributed by atoms with van der Waals surface area (Å²) in [7, 11) is 0. The molecule has 1 unspecified atom stereocenters. The van der Waals surface area contributed by atoms with Crippen LogP contribution < -0.4 is 0 Å². The van der Waals surface area contributed by atoms with E-state index in [1.165, 1.54) is 0 Å². The summed E-state index contributed by atoms with van der Waals surface area (Å²) >= 11 is 0. The van der Waals surface area contributed by atoms with E-state index in [2.05, 4.69) is 11.7 Å². The normalized spacial score (nSPS) is 22.0. The van der Waals surface area contributed by atoms with Crippen molar-refractivity contribution >= 4 is 6.09 Å². The second kappa shape index (κ2) is 2.23. The third kappa shape index (κ3) is 1.13. The Balaban J connectivity index is 2.49. The van der Waals surface area contributed by atoms with Gasteiger partial charge in [0.25, 0.3) is 0 Å². The van der Waals surface area contributed by atoms with E-state index < -0.39 is 12.3 Å². The molecule has 1 heterocycles. The van der Waals surface area contributed by atoms with Gasteiger partial charge in [-0.05, 0) is 6.92 Å². The van der Waals surface area contributed by atoms with Crippen LogP contribution in [-0.2, 0) is 4.74 Å². The van der Waals surface area contributed by atoms with Crippen molar-refractivity contribution in [2.45, 2.75) is 6.23 Å². The van der Waals surface area contributed by atoms with E-state index in [1.807, 2.05) is 0 Å². The first-order valence-electron chi connectivity index (χ1n) is 2.66. The molecule has 1 fully saturated rings. The summed E-state index contributed by atoms with van der Waals surface area (Å²) in [4.78, 5) is 11.7. The van der Waals surface area contributed by atoms with Gasteiger partial charge in [-0.15, -0.1) is 0 Å². The molecule has 0 aromatic heterocycles. The molecule has 0 bridgehead atoms. The number of amides is 1. The second-order valence-corrected chi connectivity index (χ2v) is 1.79. The molecule has 1 atom stereocenters. The number of hydrogen-bond donors (Lipinski definition) is 1. The first-order valence-corrected chi connectivity index (χ1v) is 2.66. The van der Waals surface area contributed by atoms with Crippen LogP contribution in [0.5, 0.6) is 0 Å². The van der Waals surface area contributed by atoms with Crippen molar-refractivity contribution in [3.8, 4) is 0 Å². The Morgan fingerprint density at radius 1 is 1.89 bits per heavy atom. The lowest BCUT2D eigenvalue weighted by molar-refractivity contribution is 0.0703. The Bertz CT molecular complexity index is 123. The van der Waals surface area contributed by atoms with Crippen molar-refractivity contribution in [1.82, 2.24) is 4.90 Å². The first kappa shape index (κ1) is 6.35. The Kier molecular flexibility index (Phi) is 1.57. The average molecular weight is 130 g/mol. The van der Waals surface area contributed by atoms with Crippen LogP contribution in [-0.4, -0.2) is 35.5 Å². The summed E-state index contributed by atoms with van der Waals surface area (Å²) in [5.74, 6) is 0. The molecule has 0 aromatic carbocycles. The number of hydrogen-bond acceptors (Lipinski definition) is 3. The van der Waals surface area contributed by atoms with Crippen LogP contribution in [0, 0.1) is 6.92 Å². The average Bonchev–Trinajstić information content (AvgIpc) is 2.13. The minimum atomic E-state index is -0.972. The number of rotatable bonds is 1. The Morgan fingerprint density at radius 3 is 2.78 bits per heavy atom. The molecule has 1 aliphatic heterocycles. The summed E-state index contributed by atoms with van der Waals surface area (Å²) < 4.78 is 4.51. The van der Waals surface area contributed by atoms with Crippen molar-refractivity contribution in [3.05, 3.63) is 6.92 Å². The first-order chi connectivity index (χ1) is 4.22. The maximum absolute atomic E-state index is 10.5. The smallest absolute Gasteiger partial charge is 0.412 e. The lowest BCUT2D eigenvalue weighted by atomic mass is 10.5. The van der Waals surface area contributed by atoms with Gasteiger partial charge in [-0.1, -0.05) is 0 Å². The summed E-state index contributed by atoms with van der Waals surface area (Å²) in [5.41, 5.74) is 0. The lowest BCUT2D eigenvalue weighted by Gasteiger charge is -2.14. The molecule has 1 saturated heterocycles. The van der Waals surface area contributed by atoms with Crippen LogP contribution in [0.4, 0.5) is 4.79 Å². The monoisotopic (exact) mass is 130 g/mol. The van der Waals surface area contributed by atoms with Gasteiger partial charge in [0.1, 0.15) is 12.8 Å². The van der Waals surface area contributed by atoms with Gasteiger partial charge in [-0.3, -0.25) is 4.90 Å². The highest BCUT2D eigenvalue weighted by Crippen LogP contribution is 2.04. The van der Waals surface area contributed by atoms with Crippen LogP contribution in [0.1, 0.15) is 0 Å². The Hall–Kier alpha value is -0.770. The molecule has 1 radical (unpaired) electrons.